The second kappa shape index (κ2) is 9.98. The highest BCUT2D eigenvalue weighted by atomic mass is 35.5. The lowest BCUT2D eigenvalue weighted by atomic mass is 9.81. The van der Waals surface area contributed by atoms with E-state index in [2.05, 4.69) is 18.7 Å². The predicted molar refractivity (Wildman–Crippen MR) is 111 cm³/mol. The molecule has 1 aromatic rings. The highest BCUT2D eigenvalue weighted by Gasteiger charge is 2.35. The maximum atomic E-state index is 13.2. The normalized spacial score (nSPS) is 17.1. The van der Waals surface area contributed by atoms with Crippen LogP contribution in [0.3, 0.4) is 0 Å². The standard InChI is InChI=1S/C21H32ClN3O2/c1-4-5-18(20(23)26)19(14-15(2)3)21(27)25-12-10-24(11-13-25)17-8-6-16(22)7-9-17/h6-9,15,18-19H,4-5,10-14H2,1-3H3,(H2,23,26). The molecule has 5 nitrogen and oxygen atoms in total. The fourth-order valence-corrected chi connectivity index (χ4v) is 4.00. The molecular weight excluding hydrogens is 362 g/mol. The van der Waals surface area contributed by atoms with E-state index in [1.54, 1.807) is 0 Å². The first-order valence-corrected chi connectivity index (χ1v) is 10.3. The van der Waals surface area contributed by atoms with Gasteiger partial charge in [-0.05, 0) is 43.0 Å². The van der Waals surface area contributed by atoms with Crippen molar-refractivity contribution in [1.29, 1.82) is 0 Å². The lowest BCUT2D eigenvalue weighted by Gasteiger charge is -2.39. The fourth-order valence-electron chi connectivity index (χ4n) is 3.87. The van der Waals surface area contributed by atoms with Crippen LogP contribution < -0.4 is 10.6 Å². The summed E-state index contributed by atoms with van der Waals surface area (Å²) in [5.41, 5.74) is 6.77. The smallest absolute Gasteiger partial charge is 0.226 e. The quantitative estimate of drug-likeness (QED) is 0.734. The van der Waals surface area contributed by atoms with E-state index in [1.165, 1.54) is 0 Å². The van der Waals surface area contributed by atoms with Gasteiger partial charge in [-0.15, -0.1) is 0 Å². The van der Waals surface area contributed by atoms with Gasteiger partial charge >= 0.3 is 0 Å². The average Bonchev–Trinajstić information content (AvgIpc) is 2.64. The van der Waals surface area contributed by atoms with Crippen LogP contribution in [0.15, 0.2) is 24.3 Å². The van der Waals surface area contributed by atoms with Crippen molar-refractivity contribution in [3.05, 3.63) is 29.3 Å². The highest BCUT2D eigenvalue weighted by molar-refractivity contribution is 6.30. The molecule has 0 aliphatic carbocycles. The molecule has 1 saturated heterocycles. The molecule has 2 N–H and O–H groups in total. The van der Waals surface area contributed by atoms with Crippen LogP contribution in [0.25, 0.3) is 0 Å². The number of amides is 2. The molecule has 150 valence electrons. The van der Waals surface area contributed by atoms with Crippen LogP contribution in [0.1, 0.15) is 40.0 Å². The molecule has 2 amide bonds. The third-order valence-electron chi connectivity index (χ3n) is 5.28. The van der Waals surface area contributed by atoms with E-state index < -0.39 is 0 Å². The van der Waals surface area contributed by atoms with Crippen molar-refractivity contribution in [1.82, 2.24) is 4.90 Å². The Bertz CT molecular complexity index is 625. The summed E-state index contributed by atoms with van der Waals surface area (Å²) in [7, 11) is 0. The maximum absolute atomic E-state index is 13.2. The molecule has 2 unspecified atom stereocenters. The average molecular weight is 394 g/mol. The van der Waals surface area contributed by atoms with Crippen molar-refractivity contribution in [2.24, 2.45) is 23.5 Å². The largest absolute Gasteiger partial charge is 0.369 e. The van der Waals surface area contributed by atoms with E-state index in [4.69, 9.17) is 17.3 Å². The molecule has 0 spiro atoms. The number of benzene rings is 1. The van der Waals surface area contributed by atoms with Crippen LogP contribution >= 0.6 is 11.6 Å². The highest BCUT2D eigenvalue weighted by Crippen LogP contribution is 2.28. The first kappa shape index (κ1) is 21.5. The molecule has 1 fully saturated rings. The number of carbonyl (C=O) groups is 2. The van der Waals surface area contributed by atoms with Crippen LogP contribution in [0.2, 0.25) is 5.02 Å². The van der Waals surface area contributed by atoms with Crippen LogP contribution in [0, 0.1) is 17.8 Å². The lowest BCUT2D eigenvalue weighted by Crippen LogP contribution is -2.52. The Morgan fingerprint density at radius 2 is 1.67 bits per heavy atom. The number of piperazine rings is 1. The molecule has 0 aromatic heterocycles. The molecule has 0 radical (unpaired) electrons. The number of primary amides is 1. The van der Waals surface area contributed by atoms with Gasteiger partial charge in [-0.1, -0.05) is 38.8 Å². The second-order valence-electron chi connectivity index (χ2n) is 7.82. The van der Waals surface area contributed by atoms with Gasteiger partial charge in [-0.3, -0.25) is 9.59 Å². The Labute approximate surface area is 167 Å². The van der Waals surface area contributed by atoms with Crippen LogP contribution in [-0.4, -0.2) is 42.9 Å². The monoisotopic (exact) mass is 393 g/mol. The Morgan fingerprint density at radius 3 is 2.15 bits per heavy atom. The second-order valence-corrected chi connectivity index (χ2v) is 8.26. The SMILES string of the molecule is CCCC(C(N)=O)C(CC(C)C)C(=O)N1CCN(c2ccc(Cl)cc2)CC1. The number of nitrogens with zero attached hydrogens (tertiary/aromatic N) is 2. The van der Waals surface area contributed by atoms with Gasteiger partial charge in [0.1, 0.15) is 0 Å². The van der Waals surface area contributed by atoms with Crippen molar-refractivity contribution >= 4 is 29.1 Å². The third kappa shape index (κ3) is 5.86. The predicted octanol–water partition coefficient (Wildman–Crippen LogP) is 3.55. The molecule has 1 aromatic carbocycles. The van der Waals surface area contributed by atoms with E-state index in [0.717, 1.165) is 30.2 Å². The minimum absolute atomic E-state index is 0.0803. The van der Waals surface area contributed by atoms with Crippen molar-refractivity contribution in [3.63, 3.8) is 0 Å². The summed E-state index contributed by atoms with van der Waals surface area (Å²) < 4.78 is 0. The summed E-state index contributed by atoms with van der Waals surface area (Å²) in [6.07, 6.45) is 2.22. The third-order valence-corrected chi connectivity index (χ3v) is 5.53. The molecule has 27 heavy (non-hydrogen) atoms. The summed E-state index contributed by atoms with van der Waals surface area (Å²) in [5.74, 6) is -0.621. The summed E-state index contributed by atoms with van der Waals surface area (Å²) in [6.45, 7) is 9.07. The number of carbonyl (C=O) groups excluding carboxylic acids is 2. The van der Waals surface area contributed by atoms with Crippen molar-refractivity contribution in [2.45, 2.75) is 40.0 Å². The Balaban J connectivity index is 2.05. The number of hydrogen-bond acceptors (Lipinski definition) is 3. The minimum atomic E-state index is -0.376. The van der Waals surface area contributed by atoms with Gasteiger partial charge in [0.2, 0.25) is 11.8 Å². The summed E-state index contributed by atoms with van der Waals surface area (Å²) in [4.78, 5) is 29.4. The zero-order valence-corrected chi connectivity index (χ0v) is 17.4. The number of rotatable bonds is 8. The Kier molecular flexibility index (Phi) is 7.96. The van der Waals surface area contributed by atoms with Crippen molar-refractivity contribution in [2.75, 3.05) is 31.1 Å². The zero-order valence-electron chi connectivity index (χ0n) is 16.7. The first-order valence-electron chi connectivity index (χ1n) is 9.92. The molecule has 2 atom stereocenters. The minimum Gasteiger partial charge on any atom is -0.369 e. The number of nitrogens with two attached hydrogens (primary N) is 1. The van der Waals surface area contributed by atoms with Crippen LogP contribution in [0.5, 0.6) is 0 Å². The molecule has 1 aliphatic rings. The Morgan fingerprint density at radius 1 is 1.07 bits per heavy atom. The number of halogens is 1. The molecule has 0 saturated carbocycles. The van der Waals surface area contributed by atoms with E-state index >= 15 is 0 Å². The van der Waals surface area contributed by atoms with E-state index in [0.29, 0.717) is 31.8 Å². The molecule has 1 heterocycles. The molecule has 2 rings (SSSR count). The van der Waals surface area contributed by atoms with Crippen LogP contribution in [0.4, 0.5) is 5.69 Å². The van der Waals surface area contributed by atoms with Gasteiger partial charge in [0.05, 0.1) is 0 Å². The topological polar surface area (TPSA) is 66.6 Å². The molecule has 0 bridgehead atoms. The van der Waals surface area contributed by atoms with Gasteiger partial charge < -0.3 is 15.5 Å². The summed E-state index contributed by atoms with van der Waals surface area (Å²) in [5, 5.41) is 0.720. The molecule has 6 heteroatoms. The van der Waals surface area contributed by atoms with E-state index in [9.17, 15) is 9.59 Å². The van der Waals surface area contributed by atoms with Gasteiger partial charge in [0.25, 0.3) is 0 Å². The summed E-state index contributed by atoms with van der Waals surface area (Å²) >= 11 is 5.96. The summed E-state index contributed by atoms with van der Waals surface area (Å²) in [6, 6.07) is 7.78. The maximum Gasteiger partial charge on any atom is 0.226 e. The van der Waals surface area contributed by atoms with E-state index in [-0.39, 0.29) is 23.7 Å². The van der Waals surface area contributed by atoms with Crippen molar-refractivity contribution in [3.8, 4) is 0 Å². The Hall–Kier alpha value is -1.75. The van der Waals surface area contributed by atoms with E-state index in [1.807, 2.05) is 36.1 Å². The molecule has 1 aliphatic heterocycles. The fraction of sp³-hybridized carbons (Fsp3) is 0.619. The zero-order chi connectivity index (χ0) is 20.0. The van der Waals surface area contributed by atoms with Gasteiger partial charge in [0.15, 0.2) is 0 Å². The molecular formula is C21H32ClN3O2. The number of hydrogen-bond donors (Lipinski definition) is 1. The lowest BCUT2D eigenvalue weighted by molar-refractivity contribution is -0.142. The van der Waals surface area contributed by atoms with Gasteiger partial charge in [-0.25, -0.2) is 0 Å². The van der Waals surface area contributed by atoms with Gasteiger partial charge in [0, 0.05) is 48.7 Å². The number of anilines is 1. The first-order chi connectivity index (χ1) is 12.8. The van der Waals surface area contributed by atoms with Gasteiger partial charge in [-0.2, -0.15) is 0 Å². The van der Waals surface area contributed by atoms with Crippen LogP contribution in [-0.2, 0) is 9.59 Å². The van der Waals surface area contributed by atoms with Crippen molar-refractivity contribution < 1.29 is 9.59 Å².